The van der Waals surface area contributed by atoms with Crippen LogP contribution < -0.4 is 16.4 Å². The number of carboxylic acids is 1. The van der Waals surface area contributed by atoms with Gasteiger partial charge in [0.05, 0.1) is 17.1 Å². The highest BCUT2D eigenvalue weighted by molar-refractivity contribution is 6.30. The number of carboxylic acid groups (broad SMARTS) is 1. The van der Waals surface area contributed by atoms with Crippen molar-refractivity contribution in [2.45, 2.75) is 19.3 Å². The number of pyridine rings is 1. The van der Waals surface area contributed by atoms with Gasteiger partial charge in [-0.3, -0.25) is 4.79 Å². The second-order valence-electron chi connectivity index (χ2n) is 6.91. The molecule has 0 atom stereocenters. The summed E-state index contributed by atoms with van der Waals surface area (Å²) in [5.41, 5.74) is 8.50. The number of halogens is 1. The highest BCUT2D eigenvalue weighted by Crippen LogP contribution is 2.19. The van der Waals surface area contributed by atoms with Crippen molar-refractivity contribution in [3.05, 3.63) is 89.1 Å². The summed E-state index contributed by atoms with van der Waals surface area (Å²) >= 11 is 5.89. The molecule has 0 aliphatic rings. The van der Waals surface area contributed by atoms with Gasteiger partial charge in [0.25, 0.3) is 0 Å². The number of nitrogen functional groups attached to an aromatic ring is 1. The highest BCUT2D eigenvalue weighted by atomic mass is 35.5. The van der Waals surface area contributed by atoms with Gasteiger partial charge in [0.1, 0.15) is 5.82 Å². The van der Waals surface area contributed by atoms with Crippen molar-refractivity contribution in [1.82, 2.24) is 10.3 Å². The number of nitrogens with two attached hydrogens (primary N) is 1. The fourth-order valence-electron chi connectivity index (χ4n) is 2.84. The zero-order valence-corrected chi connectivity index (χ0v) is 18.2. The van der Waals surface area contributed by atoms with Gasteiger partial charge < -0.3 is 21.5 Å². The van der Waals surface area contributed by atoms with E-state index in [0.29, 0.717) is 10.8 Å². The standard InChI is InChI=1S/C18H23ClN4O2.C6H6/c19-15-11-16(18(20)23-12-15)22-7-2-6-21-8-5-13-3-1-4-14(9-13)10-17(24)25;1-2-4-6-5-3-1/h1,3-4,9,11-12,21-22H,2,5-8,10H2,(H2,20,23)(H,24,25);1-6H. The molecule has 164 valence electrons. The van der Waals surface area contributed by atoms with Crippen LogP contribution in [0.3, 0.4) is 0 Å². The molecule has 7 heteroatoms. The van der Waals surface area contributed by atoms with Crippen LogP contribution in [-0.2, 0) is 17.6 Å². The third-order valence-corrected chi connectivity index (χ3v) is 4.54. The van der Waals surface area contributed by atoms with E-state index in [-0.39, 0.29) is 6.42 Å². The summed E-state index contributed by atoms with van der Waals surface area (Å²) in [6.45, 7) is 2.49. The molecule has 1 aromatic heterocycles. The fraction of sp³-hybridized carbons (Fsp3) is 0.250. The lowest BCUT2D eigenvalue weighted by Gasteiger charge is -2.09. The minimum absolute atomic E-state index is 0.0639. The van der Waals surface area contributed by atoms with Crippen LogP contribution in [0.4, 0.5) is 11.5 Å². The summed E-state index contributed by atoms with van der Waals surface area (Å²) in [4.78, 5) is 14.7. The molecule has 31 heavy (non-hydrogen) atoms. The molecule has 0 radical (unpaired) electrons. The number of aromatic nitrogens is 1. The molecule has 0 saturated carbocycles. The predicted molar refractivity (Wildman–Crippen MR) is 128 cm³/mol. The minimum atomic E-state index is -0.807. The van der Waals surface area contributed by atoms with Crippen LogP contribution in [0.15, 0.2) is 72.9 Å². The van der Waals surface area contributed by atoms with Crippen LogP contribution in [0.1, 0.15) is 17.5 Å². The Morgan fingerprint density at radius 3 is 2.32 bits per heavy atom. The van der Waals surface area contributed by atoms with Crippen LogP contribution in [0.25, 0.3) is 0 Å². The van der Waals surface area contributed by atoms with E-state index in [0.717, 1.165) is 49.3 Å². The van der Waals surface area contributed by atoms with Crippen molar-refractivity contribution in [2.75, 3.05) is 30.7 Å². The van der Waals surface area contributed by atoms with Gasteiger partial charge in [-0.1, -0.05) is 72.3 Å². The quantitative estimate of drug-likeness (QED) is 0.351. The van der Waals surface area contributed by atoms with Crippen LogP contribution in [-0.4, -0.2) is 35.7 Å². The number of anilines is 2. The Hall–Kier alpha value is -3.09. The Balaban J connectivity index is 0.000000488. The molecule has 6 nitrogen and oxygen atoms in total. The van der Waals surface area contributed by atoms with E-state index < -0.39 is 5.97 Å². The van der Waals surface area contributed by atoms with E-state index in [1.807, 2.05) is 60.7 Å². The smallest absolute Gasteiger partial charge is 0.307 e. The molecule has 0 aliphatic heterocycles. The van der Waals surface area contributed by atoms with Gasteiger partial charge in [-0.25, -0.2) is 4.98 Å². The molecule has 0 bridgehead atoms. The Morgan fingerprint density at radius 1 is 0.968 bits per heavy atom. The molecular formula is C24H29ClN4O2. The number of nitrogens with zero attached hydrogens (tertiary/aromatic N) is 1. The molecule has 0 aliphatic carbocycles. The van der Waals surface area contributed by atoms with Crippen molar-refractivity contribution in [1.29, 1.82) is 0 Å². The SMILES string of the molecule is Nc1ncc(Cl)cc1NCCCNCCc1cccc(CC(=O)O)c1.c1ccccc1. The first kappa shape index (κ1) is 24.2. The predicted octanol–water partition coefficient (Wildman–Crippen LogP) is 4.27. The number of carbonyl (C=O) groups is 1. The van der Waals surface area contributed by atoms with Gasteiger partial charge in [-0.15, -0.1) is 0 Å². The maximum atomic E-state index is 10.7. The first-order valence-electron chi connectivity index (χ1n) is 10.2. The lowest BCUT2D eigenvalue weighted by molar-refractivity contribution is -0.136. The van der Waals surface area contributed by atoms with Crippen LogP contribution in [0.2, 0.25) is 5.02 Å². The van der Waals surface area contributed by atoms with Gasteiger partial charge >= 0.3 is 5.97 Å². The van der Waals surface area contributed by atoms with E-state index in [9.17, 15) is 4.79 Å². The molecule has 0 spiro atoms. The lowest BCUT2D eigenvalue weighted by Crippen LogP contribution is -2.21. The average molecular weight is 441 g/mol. The molecular weight excluding hydrogens is 412 g/mol. The lowest BCUT2D eigenvalue weighted by atomic mass is 10.1. The van der Waals surface area contributed by atoms with Gasteiger partial charge in [-0.2, -0.15) is 0 Å². The zero-order valence-electron chi connectivity index (χ0n) is 17.4. The first-order valence-corrected chi connectivity index (χ1v) is 10.6. The van der Waals surface area contributed by atoms with Crippen LogP contribution in [0, 0.1) is 0 Å². The van der Waals surface area contributed by atoms with Crippen LogP contribution in [0.5, 0.6) is 0 Å². The van der Waals surface area contributed by atoms with Gasteiger partial charge in [0.15, 0.2) is 0 Å². The van der Waals surface area contributed by atoms with Gasteiger partial charge in [0, 0.05) is 12.7 Å². The monoisotopic (exact) mass is 440 g/mol. The first-order chi connectivity index (χ1) is 15.0. The summed E-state index contributed by atoms with van der Waals surface area (Å²) in [7, 11) is 0. The maximum absolute atomic E-state index is 10.7. The molecule has 0 unspecified atom stereocenters. The molecule has 0 amide bonds. The Morgan fingerprint density at radius 2 is 1.65 bits per heavy atom. The number of benzene rings is 2. The fourth-order valence-corrected chi connectivity index (χ4v) is 3.00. The minimum Gasteiger partial charge on any atom is -0.481 e. The molecule has 0 fully saturated rings. The molecule has 5 N–H and O–H groups in total. The summed E-state index contributed by atoms with van der Waals surface area (Å²) in [5.74, 6) is -0.364. The van der Waals surface area contributed by atoms with Crippen molar-refractivity contribution in [3.8, 4) is 0 Å². The maximum Gasteiger partial charge on any atom is 0.307 e. The van der Waals surface area contributed by atoms with E-state index in [4.69, 9.17) is 22.4 Å². The second-order valence-corrected chi connectivity index (χ2v) is 7.35. The van der Waals surface area contributed by atoms with Crippen molar-refractivity contribution in [3.63, 3.8) is 0 Å². The van der Waals surface area contributed by atoms with Crippen LogP contribution >= 0.6 is 11.6 Å². The van der Waals surface area contributed by atoms with E-state index in [2.05, 4.69) is 15.6 Å². The largest absolute Gasteiger partial charge is 0.481 e. The third-order valence-electron chi connectivity index (χ3n) is 4.33. The number of hydrogen-bond donors (Lipinski definition) is 4. The summed E-state index contributed by atoms with van der Waals surface area (Å²) < 4.78 is 0. The Kier molecular flexibility index (Phi) is 10.9. The van der Waals surface area contributed by atoms with E-state index in [1.165, 1.54) is 6.20 Å². The third kappa shape index (κ3) is 10.5. The Bertz CT molecular complexity index is 896. The molecule has 3 rings (SSSR count). The Labute approximate surface area is 188 Å². The number of nitrogens with one attached hydrogen (secondary N) is 2. The summed E-state index contributed by atoms with van der Waals surface area (Å²) in [5, 5.41) is 16.0. The molecule has 1 heterocycles. The highest BCUT2D eigenvalue weighted by Gasteiger charge is 2.02. The number of aliphatic carboxylic acids is 1. The van der Waals surface area contributed by atoms with Crippen molar-refractivity contribution in [2.24, 2.45) is 0 Å². The van der Waals surface area contributed by atoms with Crippen molar-refractivity contribution >= 4 is 29.1 Å². The molecule has 0 saturated heterocycles. The normalized spacial score (nSPS) is 10.1. The van der Waals surface area contributed by atoms with E-state index in [1.54, 1.807) is 6.07 Å². The van der Waals surface area contributed by atoms with Crippen molar-refractivity contribution < 1.29 is 9.90 Å². The topological polar surface area (TPSA) is 100 Å². The van der Waals surface area contributed by atoms with Gasteiger partial charge in [-0.05, 0) is 43.1 Å². The van der Waals surface area contributed by atoms with E-state index >= 15 is 0 Å². The number of hydrogen-bond acceptors (Lipinski definition) is 5. The van der Waals surface area contributed by atoms with Gasteiger partial charge in [0.2, 0.25) is 0 Å². The second kappa shape index (κ2) is 14.0. The summed E-state index contributed by atoms with van der Waals surface area (Å²) in [6, 6.07) is 21.5. The zero-order chi connectivity index (χ0) is 22.3. The molecule has 3 aromatic rings. The average Bonchev–Trinajstić information content (AvgIpc) is 2.77. The number of rotatable bonds is 10. The summed E-state index contributed by atoms with van der Waals surface area (Å²) in [6.07, 6.45) is 3.39. The molecule has 2 aromatic carbocycles.